The van der Waals surface area contributed by atoms with Crippen molar-refractivity contribution < 1.29 is 13.5 Å². The number of nitrogens with one attached hydrogen (secondary N) is 1. The maximum atomic E-state index is 12.6. The number of phenols is 1. The molecule has 0 amide bonds. The maximum Gasteiger partial charge on any atom is 0.179 e. The molecule has 0 atom stereocenters. The van der Waals surface area contributed by atoms with Gasteiger partial charge in [-0.1, -0.05) is 30.6 Å². The first kappa shape index (κ1) is 26.5. The van der Waals surface area contributed by atoms with Crippen LogP contribution in [0.3, 0.4) is 0 Å². The van der Waals surface area contributed by atoms with Gasteiger partial charge in [-0.2, -0.15) is 0 Å². The lowest BCUT2D eigenvalue weighted by Gasteiger charge is -2.33. The summed E-state index contributed by atoms with van der Waals surface area (Å²) in [6, 6.07) is 7.35. The van der Waals surface area contributed by atoms with Crippen molar-refractivity contribution in [3.8, 4) is 17.0 Å². The van der Waals surface area contributed by atoms with Gasteiger partial charge in [0.15, 0.2) is 15.6 Å². The summed E-state index contributed by atoms with van der Waals surface area (Å²) in [4.78, 5) is 11.4. The summed E-state index contributed by atoms with van der Waals surface area (Å²) in [7, 11) is 0.629. The second-order valence-electron chi connectivity index (χ2n) is 8.74. The number of anilines is 1. The number of hydrogen-bond acceptors (Lipinski definition) is 7. The Hall–Kier alpha value is -2.13. The van der Waals surface area contributed by atoms with Crippen molar-refractivity contribution in [3.05, 3.63) is 40.5 Å². The van der Waals surface area contributed by atoms with Crippen LogP contribution in [0.2, 0.25) is 10.0 Å². The van der Waals surface area contributed by atoms with Crippen molar-refractivity contribution >= 4 is 49.8 Å². The predicted octanol–water partition coefficient (Wildman–Crippen LogP) is 5.63. The van der Waals surface area contributed by atoms with E-state index in [4.69, 9.17) is 28.2 Å². The SMILES string of the molecule is C.CN(C)C1CCC(Nc2c(S(C)(=O)=O)cnc3ccc(-c4cc(Cl)c(O)c(Cl)c4)nc23)CC1. The van der Waals surface area contributed by atoms with E-state index in [1.54, 1.807) is 24.3 Å². The first-order chi connectivity index (χ1) is 15.5. The molecular weight excluding hydrogens is 495 g/mol. The third-order valence-corrected chi connectivity index (χ3v) is 7.85. The summed E-state index contributed by atoms with van der Waals surface area (Å²) >= 11 is 12.2. The van der Waals surface area contributed by atoms with Crippen LogP contribution in [0.25, 0.3) is 22.3 Å². The maximum absolute atomic E-state index is 12.6. The quantitative estimate of drug-likeness (QED) is 0.446. The van der Waals surface area contributed by atoms with Crippen molar-refractivity contribution in [1.29, 1.82) is 0 Å². The van der Waals surface area contributed by atoms with Crippen LogP contribution in [-0.2, 0) is 9.84 Å². The topological polar surface area (TPSA) is 95.4 Å². The highest BCUT2D eigenvalue weighted by atomic mass is 35.5. The van der Waals surface area contributed by atoms with Crippen LogP contribution < -0.4 is 5.32 Å². The van der Waals surface area contributed by atoms with E-state index < -0.39 is 9.84 Å². The summed E-state index contributed by atoms with van der Waals surface area (Å²) < 4.78 is 25.2. The number of rotatable bonds is 5. The molecule has 0 saturated heterocycles. The number of sulfone groups is 1. The third kappa shape index (κ3) is 5.40. The Labute approximate surface area is 211 Å². The number of pyridine rings is 2. The van der Waals surface area contributed by atoms with Gasteiger partial charge < -0.3 is 15.3 Å². The minimum atomic E-state index is -3.54. The molecule has 184 valence electrons. The molecule has 0 radical (unpaired) electrons. The second-order valence-corrected chi connectivity index (χ2v) is 11.5. The summed E-state index contributed by atoms with van der Waals surface area (Å²) in [6.07, 6.45) is 6.49. The number of fused-ring (bicyclic) bond motifs is 1. The lowest BCUT2D eigenvalue weighted by Crippen LogP contribution is -2.36. The van der Waals surface area contributed by atoms with Gasteiger partial charge in [-0.3, -0.25) is 4.98 Å². The number of halogens is 2. The van der Waals surface area contributed by atoms with Gasteiger partial charge in [0.05, 0.1) is 26.9 Å². The molecule has 4 rings (SSSR count). The van der Waals surface area contributed by atoms with Crippen molar-refractivity contribution in [1.82, 2.24) is 14.9 Å². The van der Waals surface area contributed by atoms with Crippen LogP contribution in [0.1, 0.15) is 33.1 Å². The number of phenolic OH excluding ortho intramolecular Hbond substituents is 1. The number of aromatic hydroxyl groups is 1. The van der Waals surface area contributed by atoms with E-state index in [-0.39, 0.29) is 34.2 Å². The van der Waals surface area contributed by atoms with Gasteiger partial charge >= 0.3 is 0 Å². The lowest BCUT2D eigenvalue weighted by atomic mass is 9.90. The minimum absolute atomic E-state index is 0. The molecule has 3 aromatic rings. The fraction of sp³-hybridized carbons (Fsp3) is 0.417. The van der Waals surface area contributed by atoms with E-state index in [0.29, 0.717) is 34.0 Å². The van der Waals surface area contributed by atoms with E-state index in [2.05, 4.69) is 29.3 Å². The summed E-state index contributed by atoms with van der Waals surface area (Å²) in [5.41, 5.74) is 2.65. The lowest BCUT2D eigenvalue weighted by molar-refractivity contribution is 0.221. The highest BCUT2D eigenvalue weighted by Crippen LogP contribution is 2.37. The van der Waals surface area contributed by atoms with Gasteiger partial charge in [0, 0.05) is 30.1 Å². The molecule has 0 spiro atoms. The standard InChI is InChI=1S/C23H26Cl2N4O3S.CH4/c1-29(2)15-6-4-14(5-7-15)27-22-20(33(3,31)32)12-26-19-9-8-18(28-21(19)22)13-10-16(24)23(30)17(25)11-13;/h8-12,14-15,30H,4-7H2,1-3H3,(H,26,27);1H4. The van der Waals surface area contributed by atoms with Gasteiger partial charge in [0.2, 0.25) is 0 Å². The Kier molecular flexibility index (Phi) is 7.97. The molecule has 1 saturated carbocycles. The van der Waals surface area contributed by atoms with Crippen LogP contribution in [0, 0.1) is 0 Å². The number of aromatic nitrogens is 2. The molecule has 1 aliphatic rings. The summed E-state index contributed by atoms with van der Waals surface area (Å²) in [6.45, 7) is 0. The van der Waals surface area contributed by atoms with Crippen molar-refractivity contribution in [2.45, 2.75) is 50.1 Å². The predicted molar refractivity (Wildman–Crippen MR) is 140 cm³/mol. The average molecular weight is 526 g/mol. The number of hydrogen-bond donors (Lipinski definition) is 2. The van der Waals surface area contributed by atoms with Gasteiger partial charge in [-0.05, 0) is 64.0 Å². The Balaban J connectivity index is 0.00000324. The highest BCUT2D eigenvalue weighted by molar-refractivity contribution is 7.90. The zero-order chi connectivity index (χ0) is 23.9. The van der Waals surface area contributed by atoms with Crippen LogP contribution in [0.4, 0.5) is 5.69 Å². The number of benzene rings is 1. The first-order valence-electron chi connectivity index (χ1n) is 10.7. The van der Waals surface area contributed by atoms with E-state index in [9.17, 15) is 13.5 Å². The summed E-state index contributed by atoms with van der Waals surface area (Å²) in [5.74, 6) is -0.195. The molecule has 10 heteroatoms. The normalized spacial score (nSPS) is 18.6. The molecule has 7 nitrogen and oxygen atoms in total. The smallest absolute Gasteiger partial charge is 0.179 e. The fourth-order valence-electron chi connectivity index (χ4n) is 4.28. The Morgan fingerprint density at radius 1 is 1.09 bits per heavy atom. The zero-order valence-electron chi connectivity index (χ0n) is 18.6. The van der Waals surface area contributed by atoms with Crippen LogP contribution in [0.15, 0.2) is 35.4 Å². The molecule has 1 aromatic carbocycles. The van der Waals surface area contributed by atoms with Crippen molar-refractivity contribution in [2.24, 2.45) is 0 Å². The van der Waals surface area contributed by atoms with Gasteiger partial charge in [-0.15, -0.1) is 0 Å². The van der Waals surface area contributed by atoms with E-state index in [1.807, 2.05) is 0 Å². The molecule has 0 unspecified atom stereocenters. The van der Waals surface area contributed by atoms with Gasteiger partial charge in [0.1, 0.15) is 10.4 Å². The molecule has 1 aliphatic carbocycles. The second kappa shape index (κ2) is 10.2. The molecule has 2 N–H and O–H groups in total. The van der Waals surface area contributed by atoms with Crippen LogP contribution >= 0.6 is 23.2 Å². The summed E-state index contributed by atoms with van der Waals surface area (Å²) in [5, 5.41) is 13.6. The Bertz CT molecular complexity index is 1280. The zero-order valence-corrected chi connectivity index (χ0v) is 21.0. The third-order valence-electron chi connectivity index (χ3n) is 6.17. The fourth-order valence-corrected chi connectivity index (χ4v) is 5.54. The highest BCUT2D eigenvalue weighted by Gasteiger charge is 2.26. The van der Waals surface area contributed by atoms with E-state index in [1.165, 1.54) is 12.5 Å². The molecule has 1 fully saturated rings. The van der Waals surface area contributed by atoms with Gasteiger partial charge in [-0.25, -0.2) is 13.4 Å². The van der Waals surface area contributed by atoms with Crippen molar-refractivity contribution in [3.63, 3.8) is 0 Å². The van der Waals surface area contributed by atoms with E-state index >= 15 is 0 Å². The van der Waals surface area contributed by atoms with Gasteiger partial charge in [0.25, 0.3) is 0 Å². The monoisotopic (exact) mass is 524 g/mol. The number of nitrogens with zero attached hydrogens (tertiary/aromatic N) is 3. The first-order valence-corrected chi connectivity index (χ1v) is 13.3. The molecule has 34 heavy (non-hydrogen) atoms. The van der Waals surface area contributed by atoms with Crippen molar-refractivity contribution in [2.75, 3.05) is 25.7 Å². The average Bonchev–Trinajstić information content (AvgIpc) is 2.76. The Morgan fingerprint density at radius 3 is 2.26 bits per heavy atom. The minimum Gasteiger partial charge on any atom is -0.505 e. The molecular formula is C24H30Cl2N4O3S. The molecule has 2 heterocycles. The Morgan fingerprint density at radius 2 is 1.71 bits per heavy atom. The molecule has 0 bridgehead atoms. The largest absolute Gasteiger partial charge is 0.505 e. The van der Waals surface area contributed by atoms with Crippen LogP contribution in [-0.4, -0.2) is 60.8 Å². The van der Waals surface area contributed by atoms with E-state index in [0.717, 1.165) is 25.7 Å². The molecule has 0 aliphatic heterocycles. The van der Waals surface area contributed by atoms with Crippen LogP contribution in [0.5, 0.6) is 5.75 Å². The molecule has 2 aromatic heterocycles.